The number of benzene rings is 1. The molecule has 1 aliphatic carbocycles. The molecule has 1 aromatic carbocycles. The third kappa shape index (κ3) is 1.80. The minimum atomic E-state index is -0.138. The molecule has 0 radical (unpaired) electrons. The van der Waals surface area contributed by atoms with Crippen LogP contribution in [0.2, 0.25) is 0 Å². The summed E-state index contributed by atoms with van der Waals surface area (Å²) in [5, 5.41) is 0. The Morgan fingerprint density at radius 2 is 1.75 bits per heavy atom. The van der Waals surface area contributed by atoms with Crippen molar-refractivity contribution in [1.82, 2.24) is 0 Å². The first-order valence-corrected chi connectivity index (χ1v) is 7.24. The van der Waals surface area contributed by atoms with E-state index in [9.17, 15) is 9.59 Å². The van der Waals surface area contributed by atoms with Crippen LogP contribution in [0, 0.1) is 5.92 Å². The second-order valence-corrected chi connectivity index (χ2v) is 5.52. The van der Waals surface area contributed by atoms with E-state index in [1.807, 2.05) is 6.92 Å². The van der Waals surface area contributed by atoms with Gasteiger partial charge in [0.05, 0.1) is 5.57 Å². The zero-order chi connectivity index (χ0) is 14.3. The van der Waals surface area contributed by atoms with Crippen molar-refractivity contribution in [3.05, 3.63) is 46.7 Å². The van der Waals surface area contributed by atoms with Gasteiger partial charge in [-0.25, -0.2) is 0 Å². The van der Waals surface area contributed by atoms with E-state index >= 15 is 0 Å². The van der Waals surface area contributed by atoms with Crippen LogP contribution in [-0.2, 0) is 4.74 Å². The Labute approximate surface area is 118 Å². The number of ether oxygens (including phenoxy) is 1. The molecule has 0 N–H and O–H groups in total. The van der Waals surface area contributed by atoms with E-state index in [4.69, 9.17) is 4.74 Å². The fraction of sp³-hybridized carbons (Fsp3) is 0.412. The van der Waals surface area contributed by atoms with E-state index in [1.165, 1.54) is 0 Å². The SMILES string of the molecule is CCCC[C@@H]1C2=C(O[C@H]1C)C(=O)c1ccccc1C2=O. The van der Waals surface area contributed by atoms with Crippen molar-refractivity contribution in [3.8, 4) is 0 Å². The number of carbonyl (C=O) groups is 2. The summed E-state index contributed by atoms with van der Waals surface area (Å²) in [5.74, 6) is 0.179. The molecule has 1 aromatic rings. The average Bonchev–Trinajstić information content (AvgIpc) is 2.80. The molecule has 0 saturated carbocycles. The molecule has 2 atom stereocenters. The Kier molecular flexibility index (Phi) is 3.20. The molecular formula is C17H18O3. The van der Waals surface area contributed by atoms with Crippen molar-refractivity contribution < 1.29 is 14.3 Å². The predicted molar refractivity (Wildman–Crippen MR) is 75.7 cm³/mol. The molecule has 0 fully saturated rings. The standard InChI is InChI=1S/C17H18O3/c1-3-4-7-11-10(2)20-17-14(11)15(18)12-8-5-6-9-13(12)16(17)19/h5-6,8-11H,3-4,7H2,1-2H3/t10-,11-/m0/s1. The van der Waals surface area contributed by atoms with E-state index in [2.05, 4.69) is 6.92 Å². The number of hydrogen-bond acceptors (Lipinski definition) is 3. The summed E-state index contributed by atoms with van der Waals surface area (Å²) in [4.78, 5) is 25.1. The van der Waals surface area contributed by atoms with E-state index in [1.54, 1.807) is 24.3 Å². The van der Waals surface area contributed by atoms with Gasteiger partial charge in [-0.1, -0.05) is 44.0 Å². The molecule has 0 spiro atoms. The third-order valence-corrected chi connectivity index (χ3v) is 4.22. The smallest absolute Gasteiger partial charge is 0.228 e. The zero-order valence-corrected chi connectivity index (χ0v) is 11.8. The summed E-state index contributed by atoms with van der Waals surface area (Å²) in [6, 6.07) is 7.02. The Morgan fingerprint density at radius 3 is 2.40 bits per heavy atom. The molecule has 1 heterocycles. The van der Waals surface area contributed by atoms with E-state index in [0.29, 0.717) is 22.5 Å². The first-order valence-electron chi connectivity index (χ1n) is 7.24. The maximum absolute atomic E-state index is 12.7. The molecule has 3 rings (SSSR count). The molecule has 3 nitrogen and oxygen atoms in total. The molecule has 2 aliphatic rings. The highest BCUT2D eigenvalue weighted by molar-refractivity contribution is 6.26. The molecule has 0 unspecified atom stereocenters. The Bertz CT molecular complexity index is 612. The van der Waals surface area contributed by atoms with Gasteiger partial charge in [0.2, 0.25) is 5.78 Å². The summed E-state index contributed by atoms with van der Waals surface area (Å²) < 4.78 is 5.72. The van der Waals surface area contributed by atoms with Crippen molar-refractivity contribution in [2.45, 2.75) is 39.2 Å². The first-order chi connectivity index (χ1) is 9.65. The molecule has 0 aromatic heterocycles. The summed E-state index contributed by atoms with van der Waals surface area (Å²) in [6.07, 6.45) is 2.93. The zero-order valence-electron chi connectivity index (χ0n) is 11.8. The summed E-state index contributed by atoms with van der Waals surface area (Å²) >= 11 is 0. The molecule has 0 saturated heterocycles. The number of ketones is 2. The van der Waals surface area contributed by atoms with Gasteiger partial charge >= 0.3 is 0 Å². The van der Waals surface area contributed by atoms with Crippen LogP contribution in [0.25, 0.3) is 0 Å². The van der Waals surface area contributed by atoms with Gasteiger partial charge in [0, 0.05) is 17.0 Å². The maximum Gasteiger partial charge on any atom is 0.228 e. The number of carbonyl (C=O) groups excluding carboxylic acids is 2. The number of rotatable bonds is 3. The number of fused-ring (bicyclic) bond motifs is 1. The second kappa shape index (κ2) is 4.89. The second-order valence-electron chi connectivity index (χ2n) is 5.52. The highest BCUT2D eigenvalue weighted by Gasteiger charge is 2.44. The molecule has 1 aliphatic heterocycles. The van der Waals surface area contributed by atoms with Crippen LogP contribution in [0.5, 0.6) is 0 Å². The van der Waals surface area contributed by atoms with Gasteiger partial charge in [-0.2, -0.15) is 0 Å². The molecule has 0 amide bonds. The lowest BCUT2D eigenvalue weighted by molar-refractivity contribution is 0.0819. The summed E-state index contributed by atoms with van der Waals surface area (Å²) in [6.45, 7) is 4.07. The van der Waals surface area contributed by atoms with Gasteiger partial charge in [0.25, 0.3) is 0 Å². The van der Waals surface area contributed by atoms with Crippen LogP contribution < -0.4 is 0 Å². The third-order valence-electron chi connectivity index (χ3n) is 4.22. The molecule has 3 heteroatoms. The highest BCUT2D eigenvalue weighted by Crippen LogP contribution is 2.41. The Hall–Kier alpha value is -1.90. The molecule has 104 valence electrons. The number of unbranched alkanes of at least 4 members (excludes halogenated alkanes) is 1. The minimum Gasteiger partial charge on any atom is -0.485 e. The van der Waals surface area contributed by atoms with Crippen LogP contribution in [0.15, 0.2) is 35.6 Å². The van der Waals surface area contributed by atoms with Crippen molar-refractivity contribution in [3.63, 3.8) is 0 Å². The van der Waals surface area contributed by atoms with Crippen LogP contribution >= 0.6 is 0 Å². The maximum atomic E-state index is 12.7. The number of Topliss-reactive ketones (excluding diaryl/α,β-unsaturated/α-hetero) is 2. The Morgan fingerprint density at radius 1 is 1.10 bits per heavy atom. The largest absolute Gasteiger partial charge is 0.485 e. The molecule has 20 heavy (non-hydrogen) atoms. The molecular weight excluding hydrogens is 252 g/mol. The Balaban J connectivity index is 2.05. The normalized spacial score (nSPS) is 24.5. The van der Waals surface area contributed by atoms with E-state index in [0.717, 1.165) is 19.3 Å². The van der Waals surface area contributed by atoms with Crippen LogP contribution in [0.4, 0.5) is 0 Å². The van der Waals surface area contributed by atoms with Gasteiger partial charge in [-0.15, -0.1) is 0 Å². The summed E-state index contributed by atoms with van der Waals surface area (Å²) in [5.41, 5.74) is 1.60. The van der Waals surface area contributed by atoms with Crippen molar-refractivity contribution >= 4 is 11.6 Å². The quantitative estimate of drug-likeness (QED) is 0.843. The minimum absolute atomic E-state index is 0.0272. The topological polar surface area (TPSA) is 43.4 Å². The van der Waals surface area contributed by atoms with Gasteiger partial charge in [-0.3, -0.25) is 9.59 Å². The van der Waals surface area contributed by atoms with Gasteiger partial charge in [-0.05, 0) is 13.3 Å². The van der Waals surface area contributed by atoms with Gasteiger partial charge < -0.3 is 4.74 Å². The average molecular weight is 270 g/mol. The summed E-state index contributed by atoms with van der Waals surface area (Å²) in [7, 11) is 0. The first kappa shape index (κ1) is 13.1. The number of allylic oxidation sites excluding steroid dienone is 1. The fourth-order valence-corrected chi connectivity index (χ4v) is 3.13. The lowest BCUT2D eigenvalue weighted by Gasteiger charge is -2.18. The van der Waals surface area contributed by atoms with Crippen LogP contribution in [0.3, 0.4) is 0 Å². The predicted octanol–water partition coefficient (Wildman–Crippen LogP) is 3.54. The van der Waals surface area contributed by atoms with Crippen molar-refractivity contribution in [2.24, 2.45) is 5.92 Å². The molecule has 0 bridgehead atoms. The van der Waals surface area contributed by atoms with Crippen LogP contribution in [0.1, 0.15) is 53.8 Å². The van der Waals surface area contributed by atoms with E-state index in [-0.39, 0.29) is 23.6 Å². The lowest BCUT2D eigenvalue weighted by atomic mass is 9.80. The van der Waals surface area contributed by atoms with E-state index < -0.39 is 0 Å². The van der Waals surface area contributed by atoms with Crippen molar-refractivity contribution in [2.75, 3.05) is 0 Å². The van der Waals surface area contributed by atoms with Crippen molar-refractivity contribution in [1.29, 1.82) is 0 Å². The van der Waals surface area contributed by atoms with Crippen LogP contribution in [-0.4, -0.2) is 17.7 Å². The number of hydrogen-bond donors (Lipinski definition) is 0. The lowest BCUT2D eigenvalue weighted by Crippen LogP contribution is -2.23. The fourth-order valence-electron chi connectivity index (χ4n) is 3.13. The van der Waals surface area contributed by atoms with Gasteiger partial charge in [0.15, 0.2) is 11.5 Å². The highest BCUT2D eigenvalue weighted by atomic mass is 16.5. The monoisotopic (exact) mass is 270 g/mol. The van der Waals surface area contributed by atoms with Gasteiger partial charge in [0.1, 0.15) is 6.10 Å².